The second-order valence-corrected chi connectivity index (χ2v) is 5.71. The topological polar surface area (TPSA) is 78.4 Å². The van der Waals surface area contributed by atoms with Gasteiger partial charge in [0.2, 0.25) is 5.89 Å². The SMILES string of the molecule is COc1ccc2oc(-c3cc(-c4ccccc4)ccc3[N+](=O)[O-])nc2c1. The molecule has 0 spiro atoms. The van der Waals surface area contributed by atoms with Gasteiger partial charge in [0.15, 0.2) is 5.58 Å². The first-order chi connectivity index (χ1) is 12.7. The smallest absolute Gasteiger partial charge is 0.282 e. The summed E-state index contributed by atoms with van der Waals surface area (Å²) in [5, 5.41) is 11.5. The number of nitro benzene ring substituents is 1. The van der Waals surface area contributed by atoms with E-state index in [2.05, 4.69) is 4.98 Å². The van der Waals surface area contributed by atoms with Gasteiger partial charge in [0, 0.05) is 12.1 Å². The molecule has 6 heteroatoms. The lowest BCUT2D eigenvalue weighted by Crippen LogP contribution is -1.93. The molecule has 0 N–H and O–H groups in total. The average Bonchev–Trinajstić information content (AvgIpc) is 3.11. The maximum Gasteiger partial charge on any atom is 0.282 e. The number of benzene rings is 3. The van der Waals surface area contributed by atoms with Crippen molar-refractivity contribution in [3.63, 3.8) is 0 Å². The van der Waals surface area contributed by atoms with E-state index in [4.69, 9.17) is 9.15 Å². The number of methoxy groups -OCH3 is 1. The summed E-state index contributed by atoms with van der Waals surface area (Å²) in [4.78, 5) is 15.5. The Balaban J connectivity index is 1.90. The molecule has 0 bridgehead atoms. The van der Waals surface area contributed by atoms with Crippen LogP contribution in [-0.4, -0.2) is 17.0 Å². The molecule has 0 fully saturated rings. The molecule has 0 aliphatic heterocycles. The zero-order valence-electron chi connectivity index (χ0n) is 13.9. The number of aromatic nitrogens is 1. The average molecular weight is 346 g/mol. The van der Waals surface area contributed by atoms with Gasteiger partial charge in [-0.05, 0) is 35.4 Å². The number of ether oxygens (including phenoxy) is 1. The molecule has 0 amide bonds. The predicted octanol–water partition coefficient (Wildman–Crippen LogP) is 5.08. The number of rotatable bonds is 4. The van der Waals surface area contributed by atoms with E-state index < -0.39 is 4.92 Å². The van der Waals surface area contributed by atoms with Crippen molar-refractivity contribution in [3.05, 3.63) is 76.8 Å². The van der Waals surface area contributed by atoms with Crippen LogP contribution in [0, 0.1) is 10.1 Å². The number of fused-ring (bicyclic) bond motifs is 1. The zero-order valence-corrected chi connectivity index (χ0v) is 13.9. The summed E-state index contributed by atoms with van der Waals surface area (Å²) in [6.45, 7) is 0. The Morgan fingerprint density at radius 1 is 1.00 bits per heavy atom. The molecule has 4 rings (SSSR count). The molecule has 0 atom stereocenters. The lowest BCUT2D eigenvalue weighted by molar-refractivity contribution is -0.384. The Morgan fingerprint density at radius 3 is 2.54 bits per heavy atom. The Bertz CT molecular complexity index is 1100. The van der Waals surface area contributed by atoms with Gasteiger partial charge < -0.3 is 9.15 Å². The predicted molar refractivity (Wildman–Crippen MR) is 98.1 cm³/mol. The highest BCUT2D eigenvalue weighted by Gasteiger charge is 2.21. The minimum absolute atomic E-state index is 0.0526. The molecule has 0 aliphatic carbocycles. The molecular formula is C20H14N2O4. The van der Waals surface area contributed by atoms with Crippen LogP contribution in [0.25, 0.3) is 33.7 Å². The number of hydrogen-bond acceptors (Lipinski definition) is 5. The maximum absolute atomic E-state index is 11.5. The van der Waals surface area contributed by atoms with Crippen LogP contribution in [0.1, 0.15) is 0 Å². The van der Waals surface area contributed by atoms with Crippen molar-refractivity contribution in [1.82, 2.24) is 4.98 Å². The van der Waals surface area contributed by atoms with Crippen LogP contribution in [0.5, 0.6) is 5.75 Å². The first-order valence-corrected chi connectivity index (χ1v) is 7.94. The third-order valence-corrected chi connectivity index (χ3v) is 4.13. The van der Waals surface area contributed by atoms with Crippen LogP contribution in [0.3, 0.4) is 0 Å². The molecule has 0 aliphatic rings. The van der Waals surface area contributed by atoms with Crippen molar-refractivity contribution in [3.8, 4) is 28.3 Å². The fourth-order valence-electron chi connectivity index (χ4n) is 2.83. The van der Waals surface area contributed by atoms with E-state index in [1.54, 1.807) is 37.4 Å². The van der Waals surface area contributed by atoms with Gasteiger partial charge in [0.1, 0.15) is 16.8 Å². The Morgan fingerprint density at radius 2 is 1.81 bits per heavy atom. The highest BCUT2D eigenvalue weighted by molar-refractivity contribution is 5.82. The van der Waals surface area contributed by atoms with E-state index in [1.807, 2.05) is 30.3 Å². The lowest BCUT2D eigenvalue weighted by atomic mass is 10.0. The van der Waals surface area contributed by atoms with Crippen LogP contribution in [0.2, 0.25) is 0 Å². The summed E-state index contributed by atoms with van der Waals surface area (Å²) in [7, 11) is 1.57. The molecule has 0 radical (unpaired) electrons. The summed E-state index contributed by atoms with van der Waals surface area (Å²) < 4.78 is 11.0. The molecule has 128 valence electrons. The van der Waals surface area contributed by atoms with Crippen LogP contribution >= 0.6 is 0 Å². The fraction of sp³-hybridized carbons (Fsp3) is 0.0500. The van der Waals surface area contributed by atoms with Crippen molar-refractivity contribution in [2.45, 2.75) is 0 Å². The van der Waals surface area contributed by atoms with Gasteiger partial charge in [0.25, 0.3) is 5.69 Å². The monoisotopic (exact) mass is 346 g/mol. The van der Waals surface area contributed by atoms with E-state index in [9.17, 15) is 10.1 Å². The number of hydrogen-bond donors (Lipinski definition) is 0. The van der Waals surface area contributed by atoms with Gasteiger partial charge in [-0.25, -0.2) is 4.98 Å². The third-order valence-electron chi connectivity index (χ3n) is 4.13. The number of oxazole rings is 1. The number of nitrogens with zero attached hydrogens (tertiary/aromatic N) is 2. The molecular weight excluding hydrogens is 332 g/mol. The van der Waals surface area contributed by atoms with Crippen molar-refractivity contribution in [2.75, 3.05) is 7.11 Å². The van der Waals surface area contributed by atoms with E-state index in [0.29, 0.717) is 22.4 Å². The van der Waals surface area contributed by atoms with E-state index in [-0.39, 0.29) is 11.6 Å². The molecule has 4 aromatic rings. The molecule has 26 heavy (non-hydrogen) atoms. The van der Waals surface area contributed by atoms with Gasteiger partial charge in [-0.3, -0.25) is 10.1 Å². The minimum Gasteiger partial charge on any atom is -0.497 e. The summed E-state index contributed by atoms with van der Waals surface area (Å²) >= 11 is 0. The largest absolute Gasteiger partial charge is 0.497 e. The molecule has 0 unspecified atom stereocenters. The highest BCUT2D eigenvalue weighted by Crippen LogP contribution is 2.35. The summed E-state index contributed by atoms with van der Waals surface area (Å²) in [6, 6.07) is 19.8. The zero-order chi connectivity index (χ0) is 18.1. The summed E-state index contributed by atoms with van der Waals surface area (Å²) in [5.74, 6) is 0.850. The first-order valence-electron chi connectivity index (χ1n) is 7.94. The highest BCUT2D eigenvalue weighted by atomic mass is 16.6. The van der Waals surface area contributed by atoms with E-state index in [0.717, 1.165) is 11.1 Å². The molecule has 0 saturated carbocycles. The van der Waals surface area contributed by atoms with Gasteiger partial charge in [-0.2, -0.15) is 0 Å². The number of nitro groups is 1. The molecule has 1 heterocycles. The van der Waals surface area contributed by atoms with Gasteiger partial charge in [-0.1, -0.05) is 30.3 Å². The molecule has 1 aromatic heterocycles. The van der Waals surface area contributed by atoms with Crippen LogP contribution in [-0.2, 0) is 0 Å². The Labute approximate surface area is 148 Å². The second-order valence-electron chi connectivity index (χ2n) is 5.71. The molecule has 6 nitrogen and oxygen atoms in total. The quantitative estimate of drug-likeness (QED) is 0.380. The maximum atomic E-state index is 11.5. The second kappa shape index (κ2) is 6.33. The standard InChI is InChI=1S/C20H14N2O4/c1-25-15-8-10-19-17(12-15)21-20(26-19)16-11-14(7-9-18(16)22(23)24)13-5-3-2-4-6-13/h2-12H,1H3. The normalized spacial score (nSPS) is 10.8. The lowest BCUT2D eigenvalue weighted by Gasteiger charge is -2.04. The summed E-state index contributed by atoms with van der Waals surface area (Å²) in [5.41, 5.74) is 3.22. The van der Waals surface area contributed by atoms with Crippen molar-refractivity contribution in [1.29, 1.82) is 0 Å². The van der Waals surface area contributed by atoms with Gasteiger partial charge in [-0.15, -0.1) is 0 Å². The van der Waals surface area contributed by atoms with Gasteiger partial charge in [0.05, 0.1) is 12.0 Å². The minimum atomic E-state index is -0.431. The Hall–Kier alpha value is -3.67. The fourth-order valence-corrected chi connectivity index (χ4v) is 2.83. The van der Waals surface area contributed by atoms with Crippen molar-refractivity contribution in [2.24, 2.45) is 0 Å². The van der Waals surface area contributed by atoms with Crippen molar-refractivity contribution >= 4 is 16.8 Å². The van der Waals surface area contributed by atoms with E-state index in [1.165, 1.54) is 6.07 Å². The Kier molecular flexibility index (Phi) is 3.85. The third kappa shape index (κ3) is 2.77. The molecule has 3 aromatic carbocycles. The summed E-state index contributed by atoms with van der Waals surface area (Å²) in [6.07, 6.45) is 0. The van der Waals surface area contributed by atoms with Crippen LogP contribution in [0.15, 0.2) is 71.1 Å². The molecule has 0 saturated heterocycles. The first kappa shape index (κ1) is 15.8. The van der Waals surface area contributed by atoms with Crippen molar-refractivity contribution < 1.29 is 14.1 Å². The van der Waals surface area contributed by atoms with E-state index >= 15 is 0 Å². The van der Waals surface area contributed by atoms with Gasteiger partial charge >= 0.3 is 0 Å². The van der Waals surface area contributed by atoms with Crippen LogP contribution in [0.4, 0.5) is 5.69 Å². The van der Waals surface area contributed by atoms with Crippen LogP contribution < -0.4 is 4.74 Å².